The fourth-order valence-corrected chi connectivity index (χ4v) is 3.02. The Kier molecular flexibility index (Phi) is 4.70. The molecule has 0 amide bonds. The Morgan fingerprint density at radius 2 is 0.864 bits per heavy atom. The van der Waals surface area contributed by atoms with Crippen molar-refractivity contribution < 1.29 is 6.85 Å². The van der Waals surface area contributed by atoms with Crippen LogP contribution in [0.4, 0.5) is 0 Å². The van der Waals surface area contributed by atoms with E-state index in [4.69, 9.17) is 46.1 Å². The smallest absolute Gasteiger partial charge is 0.0718 e. The zero-order chi connectivity index (χ0) is 22.4. The van der Waals surface area contributed by atoms with Gasteiger partial charge in [0.2, 0.25) is 0 Å². The van der Waals surface area contributed by atoms with Gasteiger partial charge in [-0.3, -0.25) is 0 Å². The van der Waals surface area contributed by atoms with E-state index in [0.29, 0.717) is 0 Å². The van der Waals surface area contributed by atoms with Crippen LogP contribution >= 0.6 is 0 Å². The third-order valence-electron chi connectivity index (χ3n) is 3.17. The average Bonchev–Trinajstić information content (AvgIpc) is 2.50. The maximum Gasteiger partial charge on any atom is 0.0742 e. The maximum absolute atomic E-state index is 8.68. The summed E-state index contributed by atoms with van der Waals surface area (Å²) in [6, 6.07) is 0. The molecule has 0 aliphatic heterocycles. The summed E-state index contributed by atoms with van der Waals surface area (Å²) in [5.74, 6) is 0. The number of hydrogen-bond acceptors (Lipinski definition) is 0. The van der Waals surface area contributed by atoms with Crippen LogP contribution in [0.1, 0.15) is 87.3 Å². The fraction of sp³-hybridized carbons (Fsp3) is 1.00. The van der Waals surface area contributed by atoms with Gasteiger partial charge in [0.25, 0.3) is 0 Å². The Labute approximate surface area is 153 Å². The van der Waals surface area contributed by atoms with Crippen molar-refractivity contribution in [3.63, 3.8) is 0 Å². The van der Waals surface area contributed by atoms with Gasteiger partial charge in [-0.05, 0) is 0 Å². The summed E-state index contributed by atoms with van der Waals surface area (Å²) in [6.45, 7) is 10.9. The van der Waals surface area contributed by atoms with Crippen molar-refractivity contribution in [2.24, 2.45) is 0 Å². The van der Waals surface area contributed by atoms with Gasteiger partial charge in [-0.15, -0.1) is 0 Å². The Balaban J connectivity index is 5.93. The van der Waals surface area contributed by atoms with Crippen molar-refractivity contribution >= 4 is 39.2 Å². The van der Waals surface area contributed by atoms with Crippen LogP contribution in [0, 0.1) is 0 Å². The van der Waals surface area contributed by atoms with Gasteiger partial charge in [0, 0.05) is 6.85 Å². The highest BCUT2D eigenvalue weighted by Crippen LogP contribution is 2.55. The third kappa shape index (κ3) is 10.2. The highest BCUT2D eigenvalue weighted by atomic mass is 14.4. The Hall–Kier alpha value is 0.325. The van der Waals surface area contributed by atoms with Gasteiger partial charge < -0.3 is 0 Å². The van der Waals surface area contributed by atoms with Crippen LogP contribution in [0.2, 0.25) is 26.6 Å². The summed E-state index contributed by atoms with van der Waals surface area (Å²) in [5, 5.41) is -6.76. The van der Waals surface area contributed by atoms with E-state index in [1.165, 1.54) is 20.8 Å². The summed E-state index contributed by atoms with van der Waals surface area (Å²) in [7, 11) is 31.2. The third-order valence-corrected chi connectivity index (χ3v) is 3.17. The van der Waals surface area contributed by atoms with Gasteiger partial charge in [-0.1, -0.05) is 107 Å². The first kappa shape index (κ1) is 14.6. The van der Waals surface area contributed by atoms with E-state index in [-0.39, 0.29) is 0 Å². The lowest BCUT2D eigenvalue weighted by Gasteiger charge is -2.45. The molecule has 0 rings (SSSR count). The van der Waals surface area contributed by atoms with Crippen LogP contribution in [0.5, 0.6) is 0 Å². The molecule has 0 aliphatic carbocycles. The molecule has 0 saturated heterocycles. The van der Waals surface area contributed by atoms with Crippen LogP contribution < -0.4 is 0 Å². The molecule has 0 spiro atoms. The molecule has 5 heteroatoms. The molecule has 0 saturated carbocycles. The quantitative estimate of drug-likeness (QED) is 0.540. The van der Waals surface area contributed by atoms with Crippen LogP contribution in [0.25, 0.3) is 0 Å². The maximum atomic E-state index is 8.68. The number of hydrogen-bond donors (Lipinski definition) is 0. The van der Waals surface area contributed by atoms with E-state index in [2.05, 4.69) is 0 Å². The van der Waals surface area contributed by atoms with Crippen LogP contribution in [0.15, 0.2) is 0 Å². The Morgan fingerprint density at radius 1 is 0.591 bits per heavy atom. The minimum absolute atomic E-state index is 0.790. The molecule has 0 aromatic rings. The average molecular weight is 295 g/mol. The van der Waals surface area contributed by atoms with Gasteiger partial charge in [-0.2, -0.15) is 0 Å². The van der Waals surface area contributed by atoms with E-state index in [1.807, 2.05) is 0 Å². The predicted molar refractivity (Wildman–Crippen MR) is 105 cm³/mol. The van der Waals surface area contributed by atoms with Crippen LogP contribution in [0.3, 0.4) is 0 Å². The van der Waals surface area contributed by atoms with Crippen molar-refractivity contribution in [3.05, 3.63) is 0 Å². The van der Waals surface area contributed by atoms with Gasteiger partial charge in [0.15, 0.2) is 0 Å². The normalized spacial score (nSPS) is 34.2. The second-order valence-electron chi connectivity index (χ2n) is 8.15. The van der Waals surface area contributed by atoms with Gasteiger partial charge >= 0.3 is 0 Å². The lowest BCUT2D eigenvalue weighted by molar-refractivity contribution is 0.326. The summed E-state index contributed by atoms with van der Waals surface area (Å²) >= 11 is 0. The van der Waals surface area contributed by atoms with E-state index < -0.39 is 58.6 Å². The topological polar surface area (TPSA) is 0 Å². The lowest BCUT2D eigenvalue weighted by Crippen LogP contribution is -2.27. The molecule has 0 bridgehead atoms. The summed E-state index contributed by atoms with van der Waals surface area (Å²) < 4.78 is 42.1. The standard InChI is InChI=1S/C17H31B5/c1-8-14(4,19)10-16(6,21)12-17(7,22)11-15(5,20)9-13(2,3)18/h8-12H2,1-7H3/i8D,9D,10D,11D,12D. The molecule has 114 valence electrons. The molecule has 0 aromatic heterocycles. The molecule has 0 nitrogen and oxygen atoms in total. The monoisotopic (exact) mass is 295 g/mol. The summed E-state index contributed by atoms with van der Waals surface area (Å²) in [4.78, 5) is 0. The Bertz CT molecular complexity index is 502. The molecular formula is C17H31B5. The second kappa shape index (κ2) is 7.06. The van der Waals surface area contributed by atoms with Crippen molar-refractivity contribution in [1.29, 1.82) is 0 Å². The first-order valence-electron chi connectivity index (χ1n) is 10.5. The second-order valence-corrected chi connectivity index (χ2v) is 8.15. The molecule has 10 radical (unpaired) electrons. The zero-order valence-electron chi connectivity index (χ0n) is 20.3. The minimum Gasteiger partial charge on any atom is -0.0718 e. The summed E-state index contributed by atoms with van der Waals surface area (Å²) in [5.41, 5.74) is 0. The van der Waals surface area contributed by atoms with E-state index in [0.717, 1.165) is 0 Å². The van der Waals surface area contributed by atoms with Gasteiger partial charge in [-0.25, -0.2) is 0 Å². The molecule has 0 fully saturated rings. The Morgan fingerprint density at radius 3 is 1.14 bits per heavy atom. The predicted octanol–water partition coefficient (Wildman–Crippen LogP) is 4.71. The van der Waals surface area contributed by atoms with Crippen molar-refractivity contribution in [1.82, 2.24) is 0 Å². The lowest BCUT2D eigenvalue weighted by atomic mass is 9.44. The van der Waals surface area contributed by atoms with E-state index in [1.54, 1.807) is 27.7 Å². The van der Waals surface area contributed by atoms with E-state index in [9.17, 15) is 0 Å². The molecule has 0 aromatic carbocycles. The SMILES string of the molecule is [2H]C(C)C([B])(C)C([2H])C([B])(C)C([2H])C([B])(C)C([2H])C([B])(C)C([2H])C([B])(C)C. The van der Waals surface area contributed by atoms with Crippen molar-refractivity contribution in [2.75, 3.05) is 0 Å². The first-order valence-corrected chi connectivity index (χ1v) is 7.62. The molecule has 0 N–H and O–H groups in total. The molecule has 9 unspecified atom stereocenters. The first-order chi connectivity index (χ1) is 11.6. The molecule has 0 heterocycles. The van der Waals surface area contributed by atoms with Gasteiger partial charge in [0.1, 0.15) is 0 Å². The summed E-state index contributed by atoms with van der Waals surface area (Å²) in [6.07, 6.45) is -5.55. The van der Waals surface area contributed by atoms with Crippen LogP contribution in [-0.2, 0) is 0 Å². The fourth-order valence-electron chi connectivity index (χ4n) is 3.02. The molecular weight excluding hydrogens is 258 g/mol. The zero-order valence-corrected chi connectivity index (χ0v) is 15.3. The molecule has 9 atom stereocenters. The molecule has 0 aliphatic rings. The van der Waals surface area contributed by atoms with Crippen LogP contribution in [-0.4, -0.2) is 39.2 Å². The minimum atomic E-state index is -1.56. The molecule has 22 heavy (non-hydrogen) atoms. The van der Waals surface area contributed by atoms with E-state index >= 15 is 0 Å². The highest BCUT2D eigenvalue weighted by molar-refractivity contribution is 6.21. The van der Waals surface area contributed by atoms with Crippen molar-refractivity contribution in [3.8, 4) is 0 Å². The van der Waals surface area contributed by atoms with Crippen molar-refractivity contribution in [2.45, 2.75) is 107 Å². The highest BCUT2D eigenvalue weighted by Gasteiger charge is 2.36. The van der Waals surface area contributed by atoms with Gasteiger partial charge in [0.05, 0.1) is 39.2 Å². The largest absolute Gasteiger partial charge is 0.0742 e. The number of rotatable bonds is 9.